The van der Waals surface area contributed by atoms with Crippen molar-refractivity contribution in [2.24, 2.45) is 0 Å². The van der Waals surface area contributed by atoms with Gasteiger partial charge in [0.1, 0.15) is 5.82 Å². The Morgan fingerprint density at radius 2 is 1.79 bits per heavy atom. The van der Waals surface area contributed by atoms with E-state index in [4.69, 9.17) is 0 Å². The summed E-state index contributed by atoms with van der Waals surface area (Å²) < 4.78 is 16.2. The Kier molecular flexibility index (Phi) is 4.51. The summed E-state index contributed by atoms with van der Waals surface area (Å²) >= 11 is 0. The van der Waals surface area contributed by atoms with Gasteiger partial charge in [0.05, 0.1) is 0 Å². The number of aromatic nitrogens is 1. The molecule has 0 saturated heterocycles. The Morgan fingerprint density at radius 3 is 2.61 bits per heavy atom. The normalized spacial score (nSPS) is 23.1. The predicted molar refractivity (Wildman–Crippen MR) is 113 cm³/mol. The van der Waals surface area contributed by atoms with Crippen molar-refractivity contribution in [1.29, 1.82) is 0 Å². The molecule has 1 aromatic heterocycles. The van der Waals surface area contributed by atoms with Crippen LogP contribution in [0, 0.1) is 12.7 Å². The number of likely N-dealkylation sites (N-methyl/N-ethyl adjacent to an activating group) is 1. The quantitative estimate of drug-likeness (QED) is 0.534. The molecule has 0 amide bonds. The number of benzene rings is 2. The summed E-state index contributed by atoms with van der Waals surface area (Å²) in [7, 11) is 2.23. The first-order valence-electron chi connectivity index (χ1n) is 10.7. The van der Waals surface area contributed by atoms with E-state index in [1.165, 1.54) is 59.0 Å². The molecule has 2 nitrogen and oxygen atoms in total. The van der Waals surface area contributed by atoms with Crippen LogP contribution < -0.4 is 0 Å². The second kappa shape index (κ2) is 7.04. The molecule has 0 radical (unpaired) electrons. The van der Waals surface area contributed by atoms with Crippen LogP contribution in [-0.4, -0.2) is 23.1 Å². The molecule has 1 aliphatic carbocycles. The summed E-state index contributed by atoms with van der Waals surface area (Å²) in [5.41, 5.74) is 7.08. The van der Waals surface area contributed by atoms with Crippen LogP contribution in [0.2, 0.25) is 0 Å². The van der Waals surface area contributed by atoms with E-state index in [0.29, 0.717) is 12.0 Å². The summed E-state index contributed by atoms with van der Waals surface area (Å²) in [5.74, 6) is 0.327. The molecule has 2 heterocycles. The van der Waals surface area contributed by atoms with Crippen molar-refractivity contribution in [3.05, 3.63) is 70.7 Å². The van der Waals surface area contributed by atoms with Gasteiger partial charge in [-0.15, -0.1) is 0 Å². The van der Waals surface area contributed by atoms with Crippen molar-refractivity contribution in [2.45, 2.75) is 57.5 Å². The van der Waals surface area contributed by atoms with Crippen LogP contribution in [0.3, 0.4) is 0 Å². The maximum absolute atomic E-state index is 13.5. The summed E-state index contributed by atoms with van der Waals surface area (Å²) in [6.45, 7) is 4.35. The number of halogens is 1. The second-order valence-corrected chi connectivity index (χ2v) is 8.81. The summed E-state index contributed by atoms with van der Waals surface area (Å²) in [6.07, 6.45) is 6.06. The maximum Gasteiger partial charge on any atom is 0.123 e. The first kappa shape index (κ1) is 17.9. The Bertz CT molecular complexity index is 1000. The average Bonchev–Trinajstić information content (AvgIpc) is 3.01. The lowest BCUT2D eigenvalue weighted by molar-refractivity contribution is 0.281. The highest BCUT2D eigenvalue weighted by Gasteiger charge is 2.33. The third-order valence-electron chi connectivity index (χ3n) is 6.89. The fourth-order valence-electron chi connectivity index (χ4n) is 5.54. The van der Waals surface area contributed by atoms with Gasteiger partial charge in [-0.3, -0.25) is 0 Å². The van der Waals surface area contributed by atoms with Crippen LogP contribution in [0.25, 0.3) is 10.9 Å². The monoisotopic (exact) mass is 376 g/mol. The van der Waals surface area contributed by atoms with Gasteiger partial charge in [-0.25, -0.2) is 4.39 Å². The highest BCUT2D eigenvalue weighted by atomic mass is 19.1. The molecule has 1 aliphatic heterocycles. The van der Waals surface area contributed by atoms with Crippen LogP contribution in [0.1, 0.15) is 60.0 Å². The van der Waals surface area contributed by atoms with E-state index < -0.39 is 0 Å². The Morgan fingerprint density at radius 1 is 1.00 bits per heavy atom. The zero-order valence-corrected chi connectivity index (χ0v) is 16.9. The largest absolute Gasteiger partial charge is 0.341 e. The molecule has 0 N–H and O–H groups in total. The number of hydrogen-bond donors (Lipinski definition) is 0. The van der Waals surface area contributed by atoms with E-state index >= 15 is 0 Å². The summed E-state index contributed by atoms with van der Waals surface area (Å²) in [4.78, 5) is 2.44. The molecule has 2 aromatic carbocycles. The lowest BCUT2D eigenvalue weighted by Gasteiger charge is -2.36. The van der Waals surface area contributed by atoms with Crippen LogP contribution in [-0.2, 0) is 13.0 Å². The minimum absolute atomic E-state index is 0.140. The minimum atomic E-state index is -0.140. The van der Waals surface area contributed by atoms with Crippen molar-refractivity contribution < 1.29 is 4.39 Å². The second-order valence-electron chi connectivity index (χ2n) is 8.81. The van der Waals surface area contributed by atoms with E-state index in [9.17, 15) is 4.39 Å². The molecule has 0 unspecified atom stereocenters. The maximum atomic E-state index is 13.5. The van der Waals surface area contributed by atoms with E-state index in [2.05, 4.69) is 41.6 Å². The van der Waals surface area contributed by atoms with Crippen LogP contribution in [0.5, 0.6) is 0 Å². The Balaban J connectivity index is 1.67. The fourth-order valence-corrected chi connectivity index (χ4v) is 5.54. The molecular formula is C25H29FN2. The summed E-state index contributed by atoms with van der Waals surface area (Å²) in [5, 5.41) is 1.44. The molecule has 2 atom stereocenters. The zero-order valence-electron chi connectivity index (χ0n) is 16.9. The zero-order chi connectivity index (χ0) is 19.3. The molecule has 146 valence electrons. The molecular weight excluding hydrogens is 347 g/mol. The molecule has 3 aromatic rings. The van der Waals surface area contributed by atoms with Crippen LogP contribution in [0.15, 0.2) is 42.5 Å². The van der Waals surface area contributed by atoms with Gasteiger partial charge in [-0.2, -0.15) is 0 Å². The number of rotatable bonds is 2. The van der Waals surface area contributed by atoms with Gasteiger partial charge < -0.3 is 9.47 Å². The van der Waals surface area contributed by atoms with Gasteiger partial charge >= 0.3 is 0 Å². The van der Waals surface area contributed by atoms with Gasteiger partial charge in [0, 0.05) is 48.1 Å². The predicted octanol–water partition coefficient (Wildman–Crippen LogP) is 5.98. The molecule has 1 fully saturated rings. The fraction of sp³-hybridized carbons (Fsp3) is 0.440. The van der Waals surface area contributed by atoms with Crippen molar-refractivity contribution in [2.75, 3.05) is 13.6 Å². The molecule has 5 rings (SSSR count). The van der Waals surface area contributed by atoms with E-state index in [1.54, 1.807) is 12.1 Å². The van der Waals surface area contributed by atoms with Gasteiger partial charge in [0.25, 0.3) is 0 Å². The van der Waals surface area contributed by atoms with Gasteiger partial charge in [0.15, 0.2) is 0 Å². The minimum Gasteiger partial charge on any atom is -0.341 e. The standard InChI is InChI=1S/C25H29FN2/c1-17-7-12-24-21(15-17)22-16-27(2)14-13-25(22)28(24)23-6-4-3-5-20(23)18-8-10-19(26)11-9-18/h7-12,15,20,23H,3-6,13-14,16H2,1-2H3/t20-,23-/m1/s1. The van der Waals surface area contributed by atoms with Crippen LogP contribution in [0.4, 0.5) is 4.39 Å². The number of fused-ring (bicyclic) bond motifs is 3. The molecule has 3 heteroatoms. The van der Waals surface area contributed by atoms with Gasteiger partial charge in [0.2, 0.25) is 0 Å². The highest BCUT2D eigenvalue weighted by molar-refractivity contribution is 5.86. The van der Waals surface area contributed by atoms with Crippen molar-refractivity contribution in [1.82, 2.24) is 9.47 Å². The molecule has 2 aliphatic rings. The summed E-state index contributed by atoms with van der Waals surface area (Å²) in [6, 6.07) is 14.7. The van der Waals surface area contributed by atoms with Crippen molar-refractivity contribution in [3.8, 4) is 0 Å². The van der Waals surface area contributed by atoms with E-state index in [0.717, 1.165) is 19.5 Å². The van der Waals surface area contributed by atoms with Gasteiger partial charge in [-0.1, -0.05) is 36.6 Å². The van der Waals surface area contributed by atoms with Gasteiger partial charge in [-0.05, 0) is 62.2 Å². The number of nitrogens with zero attached hydrogens (tertiary/aromatic N) is 2. The number of aryl methyl sites for hydroxylation is 1. The number of hydrogen-bond acceptors (Lipinski definition) is 1. The molecule has 1 saturated carbocycles. The lowest BCUT2D eigenvalue weighted by Crippen LogP contribution is -2.30. The first-order valence-corrected chi connectivity index (χ1v) is 10.7. The third-order valence-corrected chi connectivity index (χ3v) is 6.89. The molecule has 28 heavy (non-hydrogen) atoms. The van der Waals surface area contributed by atoms with E-state index in [1.807, 2.05) is 12.1 Å². The topological polar surface area (TPSA) is 8.17 Å². The van der Waals surface area contributed by atoms with Crippen molar-refractivity contribution in [3.63, 3.8) is 0 Å². The highest BCUT2D eigenvalue weighted by Crippen LogP contribution is 2.45. The SMILES string of the molecule is Cc1ccc2c(c1)c1c(n2[C@@H]2CCCC[C@@H]2c2ccc(F)cc2)CCN(C)C1. The third kappa shape index (κ3) is 2.97. The molecule has 0 bridgehead atoms. The Labute approximate surface area is 167 Å². The van der Waals surface area contributed by atoms with Crippen LogP contribution >= 0.6 is 0 Å². The smallest absolute Gasteiger partial charge is 0.123 e. The average molecular weight is 377 g/mol. The first-order chi connectivity index (χ1) is 13.6. The molecule has 0 spiro atoms. The van der Waals surface area contributed by atoms with Crippen molar-refractivity contribution >= 4 is 10.9 Å². The lowest BCUT2D eigenvalue weighted by atomic mass is 9.79. The Hall–Kier alpha value is -2.13. The van der Waals surface area contributed by atoms with E-state index in [-0.39, 0.29) is 5.82 Å².